The van der Waals surface area contributed by atoms with Crippen molar-refractivity contribution < 1.29 is 104 Å². The molecule has 1 aromatic heterocycles. The molecule has 1 aromatic rings. The van der Waals surface area contributed by atoms with Crippen LogP contribution >= 0.6 is 8.60 Å². The van der Waals surface area contributed by atoms with E-state index in [0.29, 0.717) is 0 Å². The van der Waals surface area contributed by atoms with Crippen LogP contribution in [0.4, 0.5) is 5.82 Å². The fourth-order valence-corrected chi connectivity index (χ4v) is 7.52. The first-order valence-electron chi connectivity index (χ1n) is 19.3. The van der Waals surface area contributed by atoms with Crippen molar-refractivity contribution >= 4 is 68.1 Å². The first-order valence-corrected chi connectivity index (χ1v) is 20.4. The summed E-state index contributed by atoms with van der Waals surface area (Å²) in [7, 11) is -2.07. The van der Waals surface area contributed by atoms with Gasteiger partial charge in [0.1, 0.15) is 30.7 Å². The number of anilines is 1. The monoisotopic (exact) mass is 947 g/mol. The van der Waals surface area contributed by atoms with E-state index in [1.807, 2.05) is 0 Å². The van der Waals surface area contributed by atoms with Crippen molar-refractivity contribution in [2.75, 3.05) is 32.2 Å². The van der Waals surface area contributed by atoms with Gasteiger partial charge in [-0.15, -0.1) is 6.58 Å². The van der Waals surface area contributed by atoms with Crippen molar-refractivity contribution in [2.45, 2.75) is 123 Å². The number of carbonyl (C=O) groups is 9. The summed E-state index contributed by atoms with van der Waals surface area (Å²) in [5.41, 5.74) is -0.990. The summed E-state index contributed by atoms with van der Waals surface area (Å²) in [5.74, 6) is -11.5. The summed E-state index contributed by atoms with van der Waals surface area (Å²) in [6.07, 6.45) is -13.7. The number of nitrogens with one attached hydrogen (secondary N) is 1. The molecule has 0 bridgehead atoms. The number of nitrogens with zero attached hydrogens (tertiary/aromatic N) is 2. The Bertz CT molecular complexity index is 2010. The summed E-state index contributed by atoms with van der Waals surface area (Å²) < 4.78 is 74.1. The molecule has 27 heteroatoms. The molecule has 1 N–H and O–H groups in total. The minimum atomic E-state index is -2.98. The molecule has 26 nitrogen and oxygen atoms in total. The molecule has 2 fully saturated rings. The first-order chi connectivity index (χ1) is 30.5. The fraction of sp³-hybridized carbons (Fsp3) is 0.605. The lowest BCUT2D eigenvalue weighted by Crippen LogP contribution is -2.66. The topological polar surface area (TPSA) is 321 Å². The van der Waals surface area contributed by atoms with Gasteiger partial charge in [-0.1, -0.05) is 6.08 Å². The molecule has 0 radical (unpaired) electrons. The molecule has 0 aliphatic carbocycles. The van der Waals surface area contributed by atoms with Gasteiger partial charge in [0, 0.05) is 61.6 Å². The van der Waals surface area contributed by atoms with E-state index in [1.54, 1.807) is 0 Å². The summed E-state index contributed by atoms with van der Waals surface area (Å²) in [6.45, 7) is 9.88. The standard InChI is InChI=1S/C38H50N3O23P/c1-11-14-54-65(55-17-28-32(60-24(8)48)34(61-25(9)49)35(62-28)41-13-12-29(39-18(2)42)40-37(41)51)64-38(36(50)52-10)15-26(56-20(4)44)30(58-22(6)46)33(63-38)31(59-23(7)47)27(57-21(5)45)16-53-19(3)43/h11-13,26-28,30-35H,1,14-17H2,2-10H3,(H,39,40,42,51)/t26-,27+,28+,30+,31+,32+,33+,34+,35+,38+,65?/m0/s1. The zero-order valence-corrected chi connectivity index (χ0v) is 37.6. The SMILES string of the molecule is C=CCOP(OC[C@H]1O[C@@H](n2ccc(NC(C)=O)nc2=O)[C@H](OC(C)=O)[C@@H]1OC(C)=O)O[C@@]1(C(=O)OC)C[C@H](OC(C)=O)[C@@H](OC(C)=O)[C@H]([C@H](OC(C)=O)[C@@H](COC(C)=O)OC(C)=O)O1. The Morgan fingerprint density at radius 1 is 0.846 bits per heavy atom. The third-order valence-corrected chi connectivity index (χ3v) is 9.69. The van der Waals surface area contributed by atoms with Crippen molar-refractivity contribution in [3.63, 3.8) is 0 Å². The largest absolute Gasteiger partial charge is 0.465 e. The molecule has 0 aromatic carbocycles. The van der Waals surface area contributed by atoms with Crippen LogP contribution in [0, 0.1) is 0 Å². The summed E-state index contributed by atoms with van der Waals surface area (Å²) in [6, 6.07) is 1.24. The number of rotatable bonds is 21. The number of esters is 8. The average Bonchev–Trinajstić information content (AvgIpc) is 3.50. The molecular formula is C38H50N3O23P. The molecule has 2 aliphatic rings. The van der Waals surface area contributed by atoms with Gasteiger partial charge in [0.05, 0.1) is 26.7 Å². The van der Waals surface area contributed by atoms with Gasteiger partial charge in [0.15, 0.2) is 36.7 Å². The van der Waals surface area contributed by atoms with Gasteiger partial charge in [0.2, 0.25) is 5.91 Å². The van der Waals surface area contributed by atoms with E-state index in [-0.39, 0.29) is 12.4 Å². The van der Waals surface area contributed by atoms with Crippen LogP contribution in [-0.4, -0.2) is 145 Å². The Balaban J connectivity index is 2.18. The maximum absolute atomic E-state index is 14.0. The molecule has 360 valence electrons. The highest BCUT2D eigenvalue weighted by Gasteiger charge is 2.62. The van der Waals surface area contributed by atoms with Crippen LogP contribution in [0.15, 0.2) is 29.7 Å². The Morgan fingerprint density at radius 3 is 1.97 bits per heavy atom. The Kier molecular flexibility index (Phi) is 20.0. The van der Waals surface area contributed by atoms with E-state index < -0.39 is 148 Å². The fourth-order valence-electron chi connectivity index (χ4n) is 6.41. The molecule has 1 unspecified atom stereocenters. The lowest BCUT2D eigenvalue weighted by Gasteiger charge is -2.47. The van der Waals surface area contributed by atoms with E-state index in [1.165, 1.54) is 25.3 Å². The maximum atomic E-state index is 14.0. The summed E-state index contributed by atoms with van der Waals surface area (Å²) in [4.78, 5) is 129. The van der Waals surface area contributed by atoms with Crippen LogP contribution in [0.3, 0.4) is 0 Å². The number of aromatic nitrogens is 2. The van der Waals surface area contributed by atoms with E-state index >= 15 is 0 Å². The minimum Gasteiger partial charge on any atom is -0.465 e. The van der Waals surface area contributed by atoms with Crippen LogP contribution in [0.5, 0.6) is 0 Å². The molecule has 0 saturated carbocycles. The molecule has 1 amide bonds. The molecule has 0 spiro atoms. The number of hydrogen-bond acceptors (Lipinski definition) is 24. The van der Waals surface area contributed by atoms with E-state index in [9.17, 15) is 47.9 Å². The van der Waals surface area contributed by atoms with E-state index in [4.69, 9.17) is 60.9 Å². The minimum absolute atomic E-state index is 0.119. The van der Waals surface area contributed by atoms with Gasteiger partial charge in [-0.3, -0.25) is 47.4 Å². The second-order valence-electron chi connectivity index (χ2n) is 13.9. The van der Waals surface area contributed by atoms with Crippen LogP contribution in [0.1, 0.15) is 68.0 Å². The highest BCUT2D eigenvalue weighted by Crippen LogP contribution is 2.50. The number of amides is 1. The van der Waals surface area contributed by atoms with Gasteiger partial charge in [0.25, 0.3) is 5.79 Å². The van der Waals surface area contributed by atoms with Crippen LogP contribution < -0.4 is 11.0 Å². The van der Waals surface area contributed by atoms with Crippen LogP contribution in [-0.2, 0) is 104 Å². The van der Waals surface area contributed by atoms with Crippen LogP contribution in [0.2, 0.25) is 0 Å². The van der Waals surface area contributed by atoms with Gasteiger partial charge in [-0.05, 0) is 6.07 Å². The normalized spacial score (nSPS) is 25.0. The Hall–Kier alpha value is -5.92. The predicted octanol–water partition coefficient (Wildman–Crippen LogP) is 0.373. The highest BCUT2D eigenvalue weighted by atomic mass is 31.2. The quantitative estimate of drug-likeness (QED) is 0.0753. The number of methoxy groups -OCH3 is 1. The number of ether oxygens (including phenoxy) is 10. The second-order valence-corrected chi connectivity index (χ2v) is 15.0. The van der Waals surface area contributed by atoms with Crippen molar-refractivity contribution in [2.24, 2.45) is 0 Å². The summed E-state index contributed by atoms with van der Waals surface area (Å²) in [5, 5.41) is 2.35. The molecule has 2 aliphatic heterocycles. The van der Waals surface area contributed by atoms with Gasteiger partial charge in [-0.25, -0.2) is 9.59 Å². The lowest BCUT2D eigenvalue weighted by molar-refractivity contribution is -0.311. The highest BCUT2D eigenvalue weighted by molar-refractivity contribution is 7.41. The zero-order chi connectivity index (χ0) is 48.8. The smallest absolute Gasteiger partial charge is 0.367 e. The van der Waals surface area contributed by atoms with Crippen molar-refractivity contribution in [3.05, 3.63) is 35.4 Å². The van der Waals surface area contributed by atoms with E-state index in [2.05, 4.69) is 16.9 Å². The molecule has 2 saturated heterocycles. The third-order valence-electron chi connectivity index (χ3n) is 8.52. The Labute approximate surface area is 371 Å². The summed E-state index contributed by atoms with van der Waals surface area (Å²) >= 11 is 0. The van der Waals surface area contributed by atoms with Gasteiger partial charge in [-0.2, -0.15) is 4.98 Å². The van der Waals surface area contributed by atoms with Crippen molar-refractivity contribution in [1.82, 2.24) is 9.55 Å². The first kappa shape index (κ1) is 53.4. The number of carbonyl (C=O) groups excluding carboxylic acids is 9. The maximum Gasteiger partial charge on any atom is 0.367 e. The van der Waals surface area contributed by atoms with E-state index in [0.717, 1.165) is 60.1 Å². The average molecular weight is 948 g/mol. The van der Waals surface area contributed by atoms with Crippen LogP contribution in [0.25, 0.3) is 0 Å². The molecule has 3 heterocycles. The molecule has 3 rings (SSSR count). The predicted molar refractivity (Wildman–Crippen MR) is 211 cm³/mol. The second kappa shape index (κ2) is 24.4. The number of hydrogen-bond donors (Lipinski definition) is 1. The molecule has 65 heavy (non-hydrogen) atoms. The van der Waals surface area contributed by atoms with Crippen molar-refractivity contribution in [1.29, 1.82) is 0 Å². The van der Waals surface area contributed by atoms with Gasteiger partial charge >= 0.3 is 62.0 Å². The van der Waals surface area contributed by atoms with Gasteiger partial charge < -0.3 is 61.7 Å². The molecular weight excluding hydrogens is 897 g/mol. The zero-order valence-electron chi connectivity index (χ0n) is 36.7. The third kappa shape index (κ3) is 15.6. The molecule has 11 atom stereocenters. The van der Waals surface area contributed by atoms with Crippen molar-refractivity contribution in [3.8, 4) is 0 Å². The lowest BCUT2D eigenvalue weighted by atomic mass is 9.90. The Morgan fingerprint density at radius 2 is 1.45 bits per heavy atom.